The zero-order valence-corrected chi connectivity index (χ0v) is 9.60. The van der Waals surface area contributed by atoms with Crippen molar-refractivity contribution in [3.05, 3.63) is 23.8 Å². The van der Waals surface area contributed by atoms with Gasteiger partial charge in [0.05, 0.1) is 0 Å². The van der Waals surface area contributed by atoms with Gasteiger partial charge in [-0.1, -0.05) is 6.92 Å². The van der Waals surface area contributed by atoms with Crippen LogP contribution in [0.2, 0.25) is 0 Å². The summed E-state index contributed by atoms with van der Waals surface area (Å²) in [6.07, 6.45) is 2.72. The highest BCUT2D eigenvalue weighted by Crippen LogP contribution is 2.01. The van der Waals surface area contributed by atoms with Crippen LogP contribution in [-0.4, -0.2) is 33.6 Å². The molecule has 1 aromatic heterocycles. The average Bonchev–Trinajstić information content (AvgIpc) is 2.28. The van der Waals surface area contributed by atoms with Crippen molar-refractivity contribution in [1.29, 1.82) is 0 Å². The van der Waals surface area contributed by atoms with Crippen LogP contribution in [0.5, 0.6) is 0 Å². The minimum absolute atomic E-state index is 0.00669. The number of nitrogens with one attached hydrogen (secondary N) is 1. The van der Waals surface area contributed by atoms with E-state index < -0.39 is 0 Å². The van der Waals surface area contributed by atoms with Crippen LogP contribution >= 0.6 is 0 Å². The molecule has 5 heteroatoms. The van der Waals surface area contributed by atoms with E-state index in [1.807, 2.05) is 13.8 Å². The van der Waals surface area contributed by atoms with Crippen LogP contribution in [0.15, 0.2) is 12.4 Å². The van der Waals surface area contributed by atoms with Crippen LogP contribution in [0.4, 0.5) is 0 Å². The molecule has 1 atom stereocenters. The van der Waals surface area contributed by atoms with Crippen molar-refractivity contribution < 1.29 is 9.90 Å². The second kappa shape index (κ2) is 6.17. The van der Waals surface area contributed by atoms with Crippen molar-refractivity contribution >= 4 is 5.91 Å². The lowest BCUT2D eigenvalue weighted by molar-refractivity contribution is 0.0923. The van der Waals surface area contributed by atoms with Gasteiger partial charge in [0.25, 0.3) is 5.91 Å². The predicted molar refractivity (Wildman–Crippen MR) is 60.0 cm³/mol. The maximum absolute atomic E-state index is 11.8. The van der Waals surface area contributed by atoms with Crippen molar-refractivity contribution in [3.8, 4) is 0 Å². The first-order chi connectivity index (χ1) is 7.67. The highest BCUT2D eigenvalue weighted by atomic mass is 16.3. The summed E-state index contributed by atoms with van der Waals surface area (Å²) in [7, 11) is 0. The zero-order valence-electron chi connectivity index (χ0n) is 9.60. The minimum atomic E-state index is -0.217. The number of nitrogens with zero attached hydrogens (tertiary/aromatic N) is 2. The van der Waals surface area contributed by atoms with E-state index in [1.165, 1.54) is 6.33 Å². The Kier molecular flexibility index (Phi) is 4.85. The molecule has 0 bridgehead atoms. The molecule has 1 amide bonds. The van der Waals surface area contributed by atoms with Gasteiger partial charge in [-0.3, -0.25) is 4.79 Å². The van der Waals surface area contributed by atoms with Crippen LogP contribution in [-0.2, 0) is 0 Å². The Labute approximate surface area is 94.9 Å². The van der Waals surface area contributed by atoms with Crippen LogP contribution < -0.4 is 5.32 Å². The van der Waals surface area contributed by atoms with E-state index in [1.54, 1.807) is 6.07 Å². The Balaban J connectivity index is 2.64. The second-order valence-corrected chi connectivity index (χ2v) is 3.64. The number of aryl methyl sites for hydroxylation is 1. The molecule has 5 nitrogen and oxygen atoms in total. The third-order valence-electron chi connectivity index (χ3n) is 2.34. The molecule has 0 aliphatic rings. The first-order valence-corrected chi connectivity index (χ1v) is 5.37. The van der Waals surface area contributed by atoms with Crippen LogP contribution in [0.25, 0.3) is 0 Å². The molecule has 0 aliphatic carbocycles. The molecule has 0 radical (unpaired) electrons. The van der Waals surface area contributed by atoms with Crippen LogP contribution in [0, 0.1) is 6.92 Å². The number of aliphatic hydroxyl groups is 1. The number of carbonyl (C=O) groups is 1. The van der Waals surface area contributed by atoms with Gasteiger partial charge in [-0.2, -0.15) is 0 Å². The Bertz CT molecular complexity index is 355. The summed E-state index contributed by atoms with van der Waals surface area (Å²) in [4.78, 5) is 19.6. The molecule has 1 aromatic rings. The molecular weight excluding hydrogens is 206 g/mol. The fourth-order valence-electron chi connectivity index (χ4n) is 1.37. The third-order valence-corrected chi connectivity index (χ3v) is 2.34. The van der Waals surface area contributed by atoms with Gasteiger partial charge < -0.3 is 10.4 Å². The SMILES string of the molecule is CCC(CCO)NC(=O)c1cc(C)ncn1. The Morgan fingerprint density at radius 2 is 2.31 bits per heavy atom. The van der Waals surface area contributed by atoms with Crippen molar-refractivity contribution in [2.24, 2.45) is 0 Å². The smallest absolute Gasteiger partial charge is 0.270 e. The second-order valence-electron chi connectivity index (χ2n) is 3.64. The first kappa shape index (κ1) is 12.6. The summed E-state index contributed by atoms with van der Waals surface area (Å²) >= 11 is 0. The van der Waals surface area contributed by atoms with E-state index in [0.29, 0.717) is 12.1 Å². The number of carbonyl (C=O) groups excluding carboxylic acids is 1. The Hall–Kier alpha value is -1.49. The van der Waals surface area contributed by atoms with Gasteiger partial charge in [0.15, 0.2) is 0 Å². The van der Waals surface area contributed by atoms with E-state index in [0.717, 1.165) is 12.1 Å². The molecule has 0 fully saturated rings. The van der Waals surface area contributed by atoms with E-state index in [2.05, 4.69) is 15.3 Å². The van der Waals surface area contributed by atoms with E-state index in [9.17, 15) is 4.79 Å². The molecule has 0 aromatic carbocycles. The van der Waals surface area contributed by atoms with Gasteiger partial charge in [0, 0.05) is 18.3 Å². The number of aromatic nitrogens is 2. The van der Waals surface area contributed by atoms with Gasteiger partial charge >= 0.3 is 0 Å². The molecule has 0 saturated carbocycles. The van der Waals surface area contributed by atoms with Crippen LogP contribution in [0.3, 0.4) is 0 Å². The molecular formula is C11H17N3O2. The standard InChI is InChI=1S/C11H17N3O2/c1-3-9(4-5-15)14-11(16)10-6-8(2)12-7-13-10/h6-7,9,15H,3-5H2,1-2H3,(H,14,16). The Morgan fingerprint density at radius 1 is 1.56 bits per heavy atom. The topological polar surface area (TPSA) is 75.1 Å². The fourth-order valence-corrected chi connectivity index (χ4v) is 1.37. The third kappa shape index (κ3) is 3.58. The number of hydrogen-bond acceptors (Lipinski definition) is 4. The lowest BCUT2D eigenvalue weighted by Crippen LogP contribution is -2.35. The fraction of sp³-hybridized carbons (Fsp3) is 0.545. The normalized spacial score (nSPS) is 12.2. The zero-order chi connectivity index (χ0) is 12.0. The van der Waals surface area contributed by atoms with E-state index >= 15 is 0 Å². The number of rotatable bonds is 5. The quantitative estimate of drug-likeness (QED) is 0.769. The predicted octanol–water partition coefficient (Wildman–Crippen LogP) is 0.676. The number of hydrogen-bond donors (Lipinski definition) is 2. The van der Waals surface area contributed by atoms with Crippen molar-refractivity contribution in [2.45, 2.75) is 32.7 Å². The summed E-state index contributed by atoms with van der Waals surface area (Å²) in [6, 6.07) is 1.63. The summed E-state index contributed by atoms with van der Waals surface area (Å²) in [5.74, 6) is -0.217. The first-order valence-electron chi connectivity index (χ1n) is 5.37. The lowest BCUT2D eigenvalue weighted by Gasteiger charge is -2.15. The van der Waals surface area contributed by atoms with Crippen LogP contribution in [0.1, 0.15) is 35.9 Å². The molecule has 1 rings (SSSR count). The van der Waals surface area contributed by atoms with E-state index in [-0.39, 0.29) is 18.6 Å². The molecule has 88 valence electrons. The molecule has 1 heterocycles. The van der Waals surface area contributed by atoms with Crippen molar-refractivity contribution in [2.75, 3.05) is 6.61 Å². The van der Waals surface area contributed by atoms with Gasteiger partial charge in [0.1, 0.15) is 12.0 Å². The van der Waals surface area contributed by atoms with Gasteiger partial charge in [0.2, 0.25) is 0 Å². The van der Waals surface area contributed by atoms with Crippen molar-refractivity contribution in [1.82, 2.24) is 15.3 Å². The molecule has 0 aliphatic heterocycles. The summed E-state index contributed by atoms with van der Waals surface area (Å²) in [6.45, 7) is 3.84. The average molecular weight is 223 g/mol. The summed E-state index contributed by atoms with van der Waals surface area (Å²) < 4.78 is 0. The van der Waals surface area contributed by atoms with Gasteiger partial charge in [-0.15, -0.1) is 0 Å². The largest absolute Gasteiger partial charge is 0.396 e. The highest BCUT2D eigenvalue weighted by molar-refractivity contribution is 5.92. The molecule has 0 spiro atoms. The molecule has 2 N–H and O–H groups in total. The summed E-state index contributed by atoms with van der Waals surface area (Å²) in [5.41, 5.74) is 1.12. The van der Waals surface area contributed by atoms with Gasteiger partial charge in [-0.25, -0.2) is 9.97 Å². The minimum Gasteiger partial charge on any atom is -0.396 e. The van der Waals surface area contributed by atoms with Crippen molar-refractivity contribution in [3.63, 3.8) is 0 Å². The molecule has 16 heavy (non-hydrogen) atoms. The number of aliphatic hydroxyl groups excluding tert-OH is 1. The lowest BCUT2D eigenvalue weighted by atomic mass is 10.1. The summed E-state index contributed by atoms with van der Waals surface area (Å²) in [5, 5.41) is 11.6. The Morgan fingerprint density at radius 3 is 2.88 bits per heavy atom. The molecule has 0 saturated heterocycles. The monoisotopic (exact) mass is 223 g/mol. The number of amides is 1. The molecule has 1 unspecified atom stereocenters. The highest BCUT2D eigenvalue weighted by Gasteiger charge is 2.12. The maximum Gasteiger partial charge on any atom is 0.270 e. The maximum atomic E-state index is 11.8. The van der Waals surface area contributed by atoms with Gasteiger partial charge in [-0.05, 0) is 25.8 Å². The van der Waals surface area contributed by atoms with E-state index in [4.69, 9.17) is 5.11 Å².